The van der Waals surface area contributed by atoms with Crippen molar-refractivity contribution >= 4 is 11.1 Å². The molecule has 1 aliphatic carbocycles. The molecule has 2 heteroatoms. The smallest absolute Gasteiger partial charge is 0.185 e. The zero-order valence-electron chi connectivity index (χ0n) is 15.2. The lowest BCUT2D eigenvalue weighted by Gasteiger charge is -2.40. The van der Waals surface area contributed by atoms with Crippen molar-refractivity contribution in [3.8, 4) is 0 Å². The van der Waals surface area contributed by atoms with Crippen LogP contribution in [0.5, 0.6) is 0 Å². The molecule has 1 aromatic carbocycles. The number of aromatic nitrogens is 1. The van der Waals surface area contributed by atoms with Gasteiger partial charge >= 0.3 is 0 Å². The third-order valence-corrected chi connectivity index (χ3v) is 5.75. The second-order valence-corrected chi connectivity index (χ2v) is 8.37. The van der Waals surface area contributed by atoms with E-state index in [4.69, 9.17) is 0 Å². The van der Waals surface area contributed by atoms with Gasteiger partial charge in [-0.15, -0.1) is 0 Å². The molecule has 0 saturated heterocycles. The van der Waals surface area contributed by atoms with Gasteiger partial charge < -0.3 is 4.57 Å². The Morgan fingerprint density at radius 1 is 1.08 bits per heavy atom. The van der Waals surface area contributed by atoms with Gasteiger partial charge in [0.05, 0.1) is 5.69 Å². The van der Waals surface area contributed by atoms with Crippen LogP contribution in [0.4, 0.5) is 0 Å². The summed E-state index contributed by atoms with van der Waals surface area (Å²) in [5, 5.41) is 0. The van der Waals surface area contributed by atoms with Gasteiger partial charge in [-0.25, -0.2) is 0 Å². The van der Waals surface area contributed by atoms with Gasteiger partial charge in [-0.05, 0) is 48.0 Å². The number of rotatable bonds is 0. The standard InChI is InChI=1S/C22H25NO/c1-13-10-19(24)14(2)21-18-11-15-8-6-7-9-16(15)17(18)12-20(23(13)21)22(3,4)5/h6-10,20H,11-12H2,1-5H3. The van der Waals surface area contributed by atoms with Crippen molar-refractivity contribution in [3.05, 3.63) is 68.6 Å². The topological polar surface area (TPSA) is 22.0 Å². The summed E-state index contributed by atoms with van der Waals surface area (Å²) in [5.74, 6) is 0. The molecule has 2 aromatic rings. The number of hydrogen-bond acceptors (Lipinski definition) is 1. The molecule has 0 spiro atoms. The van der Waals surface area contributed by atoms with Crippen LogP contribution in [0.2, 0.25) is 0 Å². The molecule has 0 bridgehead atoms. The van der Waals surface area contributed by atoms with Gasteiger partial charge in [-0.3, -0.25) is 4.79 Å². The predicted molar refractivity (Wildman–Crippen MR) is 100 cm³/mol. The van der Waals surface area contributed by atoms with Gasteiger partial charge in [0.25, 0.3) is 0 Å². The fourth-order valence-corrected chi connectivity index (χ4v) is 4.48. The van der Waals surface area contributed by atoms with Crippen LogP contribution in [0.1, 0.15) is 61.3 Å². The summed E-state index contributed by atoms with van der Waals surface area (Å²) in [5.41, 5.74) is 9.08. The van der Waals surface area contributed by atoms with Crippen molar-refractivity contribution in [2.75, 3.05) is 0 Å². The first-order valence-electron chi connectivity index (χ1n) is 8.82. The SMILES string of the molecule is Cc1c2n(c(C)cc1=O)C(C(C)(C)C)CC1=C2Cc2ccccc21. The average Bonchev–Trinajstić information content (AvgIpc) is 2.88. The maximum Gasteiger partial charge on any atom is 0.185 e. The monoisotopic (exact) mass is 319 g/mol. The minimum atomic E-state index is 0.136. The van der Waals surface area contributed by atoms with Crippen LogP contribution in [-0.4, -0.2) is 4.57 Å². The van der Waals surface area contributed by atoms with Crippen molar-refractivity contribution in [2.45, 2.75) is 53.5 Å². The summed E-state index contributed by atoms with van der Waals surface area (Å²) in [6, 6.07) is 10.9. The number of aryl methyl sites for hydroxylation is 1. The van der Waals surface area contributed by atoms with E-state index in [1.165, 1.54) is 28.0 Å². The highest BCUT2D eigenvalue weighted by Gasteiger charge is 2.38. The predicted octanol–water partition coefficient (Wildman–Crippen LogP) is 4.92. The Morgan fingerprint density at radius 3 is 2.50 bits per heavy atom. The van der Waals surface area contributed by atoms with Gasteiger partial charge in [0.1, 0.15) is 0 Å². The molecule has 124 valence electrons. The van der Waals surface area contributed by atoms with Crippen molar-refractivity contribution < 1.29 is 0 Å². The van der Waals surface area contributed by atoms with Crippen LogP contribution in [0, 0.1) is 19.3 Å². The summed E-state index contributed by atoms with van der Waals surface area (Å²) in [7, 11) is 0. The van der Waals surface area contributed by atoms with Crippen LogP contribution in [0.25, 0.3) is 11.1 Å². The summed E-state index contributed by atoms with van der Waals surface area (Å²) in [6.07, 6.45) is 2.00. The van der Waals surface area contributed by atoms with E-state index < -0.39 is 0 Å². The summed E-state index contributed by atoms with van der Waals surface area (Å²) < 4.78 is 2.45. The van der Waals surface area contributed by atoms with E-state index in [9.17, 15) is 4.79 Å². The minimum Gasteiger partial charge on any atom is -0.341 e. The maximum atomic E-state index is 12.5. The molecule has 0 radical (unpaired) electrons. The van der Waals surface area contributed by atoms with E-state index in [0.29, 0.717) is 6.04 Å². The quantitative estimate of drug-likeness (QED) is 0.675. The average molecular weight is 319 g/mol. The Morgan fingerprint density at radius 2 is 1.79 bits per heavy atom. The lowest BCUT2D eigenvalue weighted by molar-refractivity contribution is 0.238. The van der Waals surface area contributed by atoms with Crippen molar-refractivity contribution in [3.63, 3.8) is 0 Å². The summed E-state index contributed by atoms with van der Waals surface area (Å²) in [6.45, 7) is 11.0. The highest BCUT2D eigenvalue weighted by molar-refractivity contribution is 5.98. The van der Waals surface area contributed by atoms with Gasteiger partial charge in [0, 0.05) is 29.8 Å². The number of nitrogens with zero attached hydrogens (tertiary/aromatic N) is 1. The fraction of sp³-hybridized carbons (Fsp3) is 0.409. The molecule has 1 atom stereocenters. The molecule has 1 unspecified atom stereocenters. The lowest BCUT2D eigenvalue weighted by atomic mass is 9.78. The molecule has 24 heavy (non-hydrogen) atoms. The maximum absolute atomic E-state index is 12.5. The summed E-state index contributed by atoms with van der Waals surface area (Å²) >= 11 is 0. The molecule has 0 amide bonds. The number of allylic oxidation sites excluding steroid dienone is 2. The van der Waals surface area contributed by atoms with Crippen LogP contribution in [0.15, 0.2) is 35.1 Å². The van der Waals surface area contributed by atoms with Crippen molar-refractivity contribution in [1.82, 2.24) is 4.57 Å². The van der Waals surface area contributed by atoms with E-state index in [1.807, 2.05) is 13.0 Å². The third kappa shape index (κ3) is 2.05. The highest BCUT2D eigenvalue weighted by Crippen LogP contribution is 2.51. The number of hydrogen-bond donors (Lipinski definition) is 0. The zero-order chi connectivity index (χ0) is 17.2. The Labute approximate surface area is 143 Å². The molecule has 4 rings (SSSR count). The second kappa shape index (κ2) is 4.95. The van der Waals surface area contributed by atoms with E-state index >= 15 is 0 Å². The van der Waals surface area contributed by atoms with Gasteiger partial charge in [-0.2, -0.15) is 0 Å². The van der Waals surface area contributed by atoms with Gasteiger partial charge in [0.15, 0.2) is 5.43 Å². The molecule has 0 saturated carbocycles. The van der Waals surface area contributed by atoms with Crippen LogP contribution in [0.3, 0.4) is 0 Å². The molecular formula is C22H25NO. The molecule has 2 nitrogen and oxygen atoms in total. The normalized spacial score (nSPS) is 19.1. The first-order chi connectivity index (χ1) is 11.3. The van der Waals surface area contributed by atoms with Gasteiger partial charge in [0.2, 0.25) is 0 Å². The van der Waals surface area contributed by atoms with Crippen LogP contribution in [-0.2, 0) is 6.42 Å². The Balaban J connectivity index is 2.06. The zero-order valence-corrected chi connectivity index (χ0v) is 15.2. The Kier molecular flexibility index (Phi) is 3.19. The highest BCUT2D eigenvalue weighted by atomic mass is 16.1. The van der Waals surface area contributed by atoms with Crippen molar-refractivity contribution in [1.29, 1.82) is 0 Å². The number of pyridine rings is 1. The molecule has 1 aliphatic heterocycles. The second-order valence-electron chi connectivity index (χ2n) is 8.37. The Bertz CT molecular complexity index is 937. The lowest BCUT2D eigenvalue weighted by Crippen LogP contribution is -2.33. The molecule has 0 N–H and O–H groups in total. The van der Waals surface area contributed by atoms with Crippen LogP contribution >= 0.6 is 0 Å². The number of fused-ring (bicyclic) bond motifs is 4. The van der Waals surface area contributed by atoms with Crippen LogP contribution < -0.4 is 5.43 Å². The first kappa shape index (κ1) is 15.4. The van der Waals surface area contributed by atoms with E-state index in [0.717, 1.165) is 24.1 Å². The molecule has 0 fully saturated rings. The van der Waals surface area contributed by atoms with E-state index in [-0.39, 0.29) is 10.8 Å². The largest absolute Gasteiger partial charge is 0.341 e. The first-order valence-corrected chi connectivity index (χ1v) is 8.82. The summed E-state index contributed by atoms with van der Waals surface area (Å²) in [4.78, 5) is 12.5. The molecule has 1 aromatic heterocycles. The van der Waals surface area contributed by atoms with E-state index in [2.05, 4.69) is 56.5 Å². The van der Waals surface area contributed by atoms with Gasteiger partial charge in [-0.1, -0.05) is 45.0 Å². The molecule has 2 heterocycles. The third-order valence-electron chi connectivity index (χ3n) is 5.75. The molecular weight excluding hydrogens is 294 g/mol. The molecule has 2 aliphatic rings. The Hall–Kier alpha value is -2.09. The van der Waals surface area contributed by atoms with Crippen molar-refractivity contribution in [2.24, 2.45) is 5.41 Å². The minimum absolute atomic E-state index is 0.136. The van der Waals surface area contributed by atoms with E-state index in [1.54, 1.807) is 0 Å². The number of benzene rings is 1. The fourth-order valence-electron chi connectivity index (χ4n) is 4.48.